The second-order valence-electron chi connectivity index (χ2n) is 4.11. The van der Waals surface area contributed by atoms with Gasteiger partial charge in [-0.1, -0.05) is 0 Å². The molecule has 0 saturated heterocycles. The highest BCUT2D eigenvalue weighted by Crippen LogP contribution is 2.19. The lowest BCUT2D eigenvalue weighted by Gasteiger charge is -2.12. The highest BCUT2D eigenvalue weighted by Gasteiger charge is 2.05. The lowest BCUT2D eigenvalue weighted by molar-refractivity contribution is 0.0702. The monoisotopic (exact) mass is 287 g/mol. The van der Waals surface area contributed by atoms with Crippen LogP contribution in [-0.2, 0) is 16.0 Å². The van der Waals surface area contributed by atoms with Gasteiger partial charge < -0.3 is 24.6 Å². The maximum Gasteiger partial charge on any atom is 0.124 e. The van der Waals surface area contributed by atoms with Crippen molar-refractivity contribution in [2.75, 3.05) is 46.7 Å². The Kier molecular flexibility index (Phi) is 8.90. The molecule has 6 heteroatoms. The van der Waals surface area contributed by atoms with Crippen LogP contribution in [0, 0.1) is 5.82 Å². The average Bonchev–Trinajstić information content (AvgIpc) is 2.45. The van der Waals surface area contributed by atoms with E-state index in [4.69, 9.17) is 19.3 Å². The smallest absolute Gasteiger partial charge is 0.124 e. The van der Waals surface area contributed by atoms with Gasteiger partial charge in [-0.15, -0.1) is 0 Å². The zero-order valence-electron chi connectivity index (χ0n) is 11.7. The molecule has 0 fully saturated rings. The summed E-state index contributed by atoms with van der Waals surface area (Å²) in [6, 6.07) is 4.42. The number of rotatable bonds is 11. The van der Waals surface area contributed by atoms with E-state index >= 15 is 0 Å². The van der Waals surface area contributed by atoms with Crippen molar-refractivity contribution in [1.29, 1.82) is 0 Å². The molecule has 0 aliphatic carbocycles. The van der Waals surface area contributed by atoms with Gasteiger partial charge in [0.05, 0.1) is 26.4 Å². The van der Waals surface area contributed by atoms with Crippen molar-refractivity contribution in [3.63, 3.8) is 0 Å². The highest BCUT2D eigenvalue weighted by atomic mass is 19.1. The Hall–Kier alpha value is -1.21. The highest BCUT2D eigenvalue weighted by molar-refractivity contribution is 5.33. The van der Waals surface area contributed by atoms with Gasteiger partial charge in [-0.2, -0.15) is 0 Å². The molecule has 0 atom stereocenters. The van der Waals surface area contributed by atoms with E-state index < -0.39 is 0 Å². The second-order valence-corrected chi connectivity index (χ2v) is 4.11. The lowest BCUT2D eigenvalue weighted by Crippen LogP contribution is -2.19. The first-order valence-corrected chi connectivity index (χ1v) is 6.57. The van der Waals surface area contributed by atoms with Crippen molar-refractivity contribution in [1.82, 2.24) is 5.32 Å². The van der Waals surface area contributed by atoms with Gasteiger partial charge in [-0.05, 0) is 18.2 Å². The normalized spacial score (nSPS) is 10.8. The van der Waals surface area contributed by atoms with E-state index in [1.54, 1.807) is 13.2 Å². The van der Waals surface area contributed by atoms with Crippen LogP contribution in [0.25, 0.3) is 0 Å². The largest absolute Gasteiger partial charge is 0.491 e. The summed E-state index contributed by atoms with van der Waals surface area (Å²) in [4.78, 5) is 0. The molecule has 1 aromatic rings. The van der Waals surface area contributed by atoms with E-state index in [2.05, 4.69) is 5.32 Å². The summed E-state index contributed by atoms with van der Waals surface area (Å²) in [5.41, 5.74) is 0.753. The van der Waals surface area contributed by atoms with E-state index in [1.165, 1.54) is 12.1 Å². The van der Waals surface area contributed by atoms with Gasteiger partial charge in [-0.3, -0.25) is 0 Å². The quantitative estimate of drug-likeness (QED) is 0.593. The summed E-state index contributed by atoms with van der Waals surface area (Å²) in [5, 5.41) is 11.7. The van der Waals surface area contributed by atoms with Gasteiger partial charge in [0, 0.05) is 25.8 Å². The van der Waals surface area contributed by atoms with Crippen LogP contribution in [0.4, 0.5) is 4.39 Å². The van der Waals surface area contributed by atoms with Gasteiger partial charge in [0.1, 0.15) is 18.2 Å². The summed E-state index contributed by atoms with van der Waals surface area (Å²) in [6.45, 7) is 2.81. The summed E-state index contributed by atoms with van der Waals surface area (Å²) >= 11 is 0. The number of ether oxygens (including phenoxy) is 3. The number of nitrogens with one attached hydrogen (secondary N) is 1. The Morgan fingerprint density at radius 3 is 2.80 bits per heavy atom. The molecule has 0 spiro atoms. The minimum atomic E-state index is -0.294. The van der Waals surface area contributed by atoms with E-state index in [1.807, 2.05) is 0 Å². The molecule has 5 nitrogen and oxygen atoms in total. The second kappa shape index (κ2) is 10.6. The molecule has 2 N–H and O–H groups in total. The van der Waals surface area contributed by atoms with Crippen LogP contribution in [-0.4, -0.2) is 51.8 Å². The Bertz CT molecular complexity index is 376. The maximum absolute atomic E-state index is 13.3. The molecule has 0 bridgehead atoms. The van der Waals surface area contributed by atoms with Crippen LogP contribution in [0.3, 0.4) is 0 Å². The lowest BCUT2D eigenvalue weighted by atomic mass is 10.2. The van der Waals surface area contributed by atoms with Crippen LogP contribution in [0.1, 0.15) is 5.56 Å². The maximum atomic E-state index is 13.3. The predicted octanol–water partition coefficient (Wildman–Crippen LogP) is 0.949. The molecular weight excluding hydrogens is 265 g/mol. The van der Waals surface area contributed by atoms with Crippen molar-refractivity contribution in [2.24, 2.45) is 0 Å². The number of methoxy groups -OCH3 is 1. The molecule has 1 rings (SSSR count). The fraction of sp³-hybridized carbons (Fsp3) is 0.571. The van der Waals surface area contributed by atoms with Gasteiger partial charge in [0.25, 0.3) is 0 Å². The third kappa shape index (κ3) is 6.81. The van der Waals surface area contributed by atoms with Crippen molar-refractivity contribution < 1.29 is 23.7 Å². The number of halogens is 1. The SMILES string of the molecule is COCCNCc1cc(F)ccc1OCCOCCO. The first kappa shape index (κ1) is 16.8. The number of hydrogen-bond donors (Lipinski definition) is 2. The molecule has 1 aromatic carbocycles. The average molecular weight is 287 g/mol. The third-order valence-electron chi connectivity index (χ3n) is 2.54. The summed E-state index contributed by atoms with van der Waals surface area (Å²) < 4.78 is 28.8. The zero-order valence-corrected chi connectivity index (χ0v) is 11.7. The number of aliphatic hydroxyl groups is 1. The fourth-order valence-electron chi connectivity index (χ4n) is 1.60. The van der Waals surface area contributed by atoms with E-state index in [0.29, 0.717) is 38.7 Å². The molecule has 0 unspecified atom stereocenters. The molecule has 0 aliphatic heterocycles. The molecule has 0 aromatic heterocycles. The van der Waals surface area contributed by atoms with E-state index in [9.17, 15) is 4.39 Å². The Morgan fingerprint density at radius 1 is 1.20 bits per heavy atom. The number of aliphatic hydroxyl groups excluding tert-OH is 1. The van der Waals surface area contributed by atoms with Gasteiger partial charge in [0.2, 0.25) is 0 Å². The Balaban J connectivity index is 2.42. The van der Waals surface area contributed by atoms with E-state index in [0.717, 1.165) is 5.56 Å². The minimum absolute atomic E-state index is 0.00871. The van der Waals surface area contributed by atoms with Crippen LogP contribution in [0.2, 0.25) is 0 Å². The number of hydrogen-bond acceptors (Lipinski definition) is 5. The number of benzene rings is 1. The minimum Gasteiger partial charge on any atom is -0.491 e. The Morgan fingerprint density at radius 2 is 2.05 bits per heavy atom. The zero-order chi connectivity index (χ0) is 14.6. The van der Waals surface area contributed by atoms with Gasteiger partial charge in [-0.25, -0.2) is 4.39 Å². The molecule has 0 aliphatic rings. The van der Waals surface area contributed by atoms with Gasteiger partial charge >= 0.3 is 0 Å². The summed E-state index contributed by atoms with van der Waals surface area (Å²) in [5.74, 6) is 0.335. The van der Waals surface area contributed by atoms with Crippen LogP contribution in [0.15, 0.2) is 18.2 Å². The van der Waals surface area contributed by atoms with Crippen molar-refractivity contribution in [3.8, 4) is 5.75 Å². The first-order chi connectivity index (χ1) is 9.77. The standard InChI is InChI=1S/C14H22FNO4/c1-18-6-4-16-11-12-10-13(15)2-3-14(12)20-9-8-19-7-5-17/h2-3,10,16-17H,4-9,11H2,1H3. The fourth-order valence-corrected chi connectivity index (χ4v) is 1.60. The molecular formula is C14H22FNO4. The first-order valence-electron chi connectivity index (χ1n) is 6.57. The van der Waals surface area contributed by atoms with Crippen LogP contribution in [0.5, 0.6) is 5.75 Å². The molecule has 0 heterocycles. The van der Waals surface area contributed by atoms with Crippen molar-refractivity contribution in [2.45, 2.75) is 6.54 Å². The van der Waals surface area contributed by atoms with Gasteiger partial charge in [0.15, 0.2) is 0 Å². The molecule has 0 amide bonds. The van der Waals surface area contributed by atoms with Crippen LogP contribution >= 0.6 is 0 Å². The molecule has 0 radical (unpaired) electrons. The van der Waals surface area contributed by atoms with Crippen molar-refractivity contribution >= 4 is 0 Å². The Labute approximate surface area is 118 Å². The molecule has 20 heavy (non-hydrogen) atoms. The molecule has 0 saturated carbocycles. The van der Waals surface area contributed by atoms with E-state index in [-0.39, 0.29) is 19.0 Å². The van der Waals surface area contributed by atoms with Crippen molar-refractivity contribution in [3.05, 3.63) is 29.6 Å². The van der Waals surface area contributed by atoms with Crippen LogP contribution < -0.4 is 10.1 Å². The molecule has 114 valence electrons. The topological polar surface area (TPSA) is 60.0 Å². The summed E-state index contributed by atoms with van der Waals surface area (Å²) in [6.07, 6.45) is 0. The third-order valence-corrected chi connectivity index (χ3v) is 2.54. The summed E-state index contributed by atoms with van der Waals surface area (Å²) in [7, 11) is 1.63. The predicted molar refractivity (Wildman–Crippen MR) is 73.4 cm³/mol.